The van der Waals surface area contributed by atoms with Gasteiger partial charge in [0.05, 0.1) is 0 Å². The van der Waals surface area contributed by atoms with Gasteiger partial charge in [0.25, 0.3) is 8.32 Å². The molecule has 1 N–H and O–H groups in total. The summed E-state index contributed by atoms with van der Waals surface area (Å²) in [4.78, 5) is 16.8. The fourth-order valence-electron chi connectivity index (χ4n) is 2.22. The van der Waals surface area contributed by atoms with E-state index in [0.717, 1.165) is 5.56 Å². The van der Waals surface area contributed by atoms with Gasteiger partial charge in [-0.1, -0.05) is 66.8 Å². The van der Waals surface area contributed by atoms with Crippen LogP contribution in [0, 0.1) is 5.82 Å². The van der Waals surface area contributed by atoms with Crippen molar-refractivity contribution in [3.05, 3.63) is 35.6 Å². The zero-order valence-corrected chi connectivity index (χ0v) is 20.8. The molecule has 1 aromatic carbocycles. The lowest BCUT2D eigenvalue weighted by molar-refractivity contribution is -0.137. The second-order valence-corrected chi connectivity index (χ2v) is 20.4. The highest BCUT2D eigenvalue weighted by Gasteiger charge is 2.44. The Hall–Kier alpha value is -0.986. The molecule has 1 unspecified atom stereocenters. The molecule has 0 saturated heterocycles. The lowest BCUT2D eigenvalue weighted by Gasteiger charge is -2.41. The number of rotatable bonds is 6. The first kappa shape index (κ1) is 24.1. The zero-order chi connectivity index (χ0) is 21.3. The van der Waals surface area contributed by atoms with E-state index < -0.39 is 22.6 Å². The first-order valence-electron chi connectivity index (χ1n) is 9.71. The predicted molar refractivity (Wildman–Crippen MR) is 118 cm³/mol. The van der Waals surface area contributed by atoms with Crippen molar-refractivity contribution >= 4 is 22.5 Å². The quantitative estimate of drug-likeness (QED) is 0.594. The summed E-state index contributed by atoms with van der Waals surface area (Å²) in [5.41, 5.74) is 0.804. The smallest absolute Gasteiger partial charge is 0.309 e. The van der Waals surface area contributed by atoms with Crippen molar-refractivity contribution in [2.45, 2.75) is 90.3 Å². The molecule has 27 heavy (non-hydrogen) atoms. The van der Waals surface area contributed by atoms with Crippen LogP contribution in [0.15, 0.2) is 24.3 Å². The summed E-state index contributed by atoms with van der Waals surface area (Å²) in [6.07, 6.45) is 0.428. The van der Waals surface area contributed by atoms with Crippen molar-refractivity contribution in [3.63, 3.8) is 0 Å². The standard InChI is InChI=1S/C21H38FNO2Si2/c1-20(2,3)26(7,8)23-18(15-16-12-11-13-17(22)14-16)19(24)25-27(9,10)21(4,5)6/h11-14,18,23H,15H2,1-10H3. The minimum Gasteiger partial charge on any atom is -0.518 e. The van der Waals surface area contributed by atoms with Gasteiger partial charge in [-0.05, 0) is 47.3 Å². The molecule has 0 saturated carbocycles. The largest absolute Gasteiger partial charge is 0.518 e. The Labute approximate surface area is 167 Å². The van der Waals surface area contributed by atoms with Gasteiger partial charge in [-0.2, -0.15) is 0 Å². The first-order valence-corrected chi connectivity index (χ1v) is 15.6. The molecule has 0 amide bonds. The van der Waals surface area contributed by atoms with Crippen LogP contribution in [0.3, 0.4) is 0 Å². The molecule has 0 aliphatic rings. The second-order valence-electron chi connectivity index (χ2n) is 10.6. The average Bonchev–Trinajstić information content (AvgIpc) is 2.43. The fraction of sp³-hybridized carbons (Fsp3) is 0.667. The molecule has 0 bridgehead atoms. The molecule has 0 fully saturated rings. The minimum atomic E-state index is -2.23. The summed E-state index contributed by atoms with van der Waals surface area (Å²) < 4.78 is 19.7. The van der Waals surface area contributed by atoms with Gasteiger partial charge in [0.15, 0.2) is 0 Å². The van der Waals surface area contributed by atoms with Crippen LogP contribution in [-0.2, 0) is 15.6 Å². The predicted octanol–water partition coefficient (Wildman–Crippen LogP) is 5.88. The third kappa shape index (κ3) is 6.54. The van der Waals surface area contributed by atoms with Crippen LogP contribution in [0.25, 0.3) is 0 Å². The summed E-state index contributed by atoms with van der Waals surface area (Å²) in [7, 11) is -4.18. The van der Waals surface area contributed by atoms with Crippen molar-refractivity contribution in [2.24, 2.45) is 0 Å². The molecule has 6 heteroatoms. The zero-order valence-electron chi connectivity index (χ0n) is 18.8. The molecule has 1 aromatic rings. The molecule has 0 heterocycles. The van der Waals surface area contributed by atoms with Crippen molar-refractivity contribution in [1.29, 1.82) is 0 Å². The Bertz CT molecular complexity index is 661. The van der Waals surface area contributed by atoms with Crippen LogP contribution in [0.2, 0.25) is 36.3 Å². The van der Waals surface area contributed by atoms with Crippen molar-refractivity contribution in [2.75, 3.05) is 0 Å². The van der Waals surface area contributed by atoms with Crippen LogP contribution in [0.5, 0.6) is 0 Å². The summed E-state index contributed by atoms with van der Waals surface area (Å²) in [6.45, 7) is 21.6. The Morgan fingerprint density at radius 1 is 1.07 bits per heavy atom. The third-order valence-electron chi connectivity index (χ3n) is 6.19. The maximum atomic E-state index is 13.7. The number of halogens is 1. The average molecular weight is 412 g/mol. The Kier molecular flexibility index (Phi) is 7.28. The Morgan fingerprint density at radius 2 is 1.63 bits per heavy atom. The van der Waals surface area contributed by atoms with Gasteiger partial charge in [0.1, 0.15) is 20.1 Å². The monoisotopic (exact) mass is 411 g/mol. The van der Waals surface area contributed by atoms with Crippen molar-refractivity contribution in [3.8, 4) is 0 Å². The van der Waals surface area contributed by atoms with Crippen molar-refractivity contribution < 1.29 is 13.6 Å². The lowest BCUT2D eigenvalue weighted by atomic mass is 10.1. The lowest BCUT2D eigenvalue weighted by Crippen LogP contribution is -2.60. The van der Waals surface area contributed by atoms with E-state index in [1.807, 2.05) is 6.07 Å². The molecule has 154 valence electrons. The van der Waals surface area contributed by atoms with Crippen LogP contribution in [0.4, 0.5) is 4.39 Å². The number of carbonyl (C=O) groups excluding carboxylic acids is 1. The van der Waals surface area contributed by atoms with E-state index in [4.69, 9.17) is 4.43 Å². The third-order valence-corrected chi connectivity index (χ3v) is 15.3. The van der Waals surface area contributed by atoms with Crippen LogP contribution >= 0.6 is 0 Å². The van der Waals surface area contributed by atoms with Gasteiger partial charge in [0.2, 0.25) is 0 Å². The number of hydrogen-bond donors (Lipinski definition) is 1. The van der Waals surface area contributed by atoms with E-state index in [2.05, 4.69) is 72.7 Å². The van der Waals surface area contributed by atoms with Gasteiger partial charge in [-0.15, -0.1) is 0 Å². The Balaban J connectivity index is 3.15. The molecule has 1 rings (SSSR count). The molecule has 0 aromatic heterocycles. The molecule has 0 spiro atoms. The highest BCUT2D eigenvalue weighted by Crippen LogP contribution is 2.37. The van der Waals surface area contributed by atoms with E-state index >= 15 is 0 Å². The van der Waals surface area contributed by atoms with Gasteiger partial charge in [-0.25, -0.2) is 4.39 Å². The van der Waals surface area contributed by atoms with Gasteiger partial charge in [0, 0.05) is 0 Å². The van der Waals surface area contributed by atoms with Gasteiger partial charge in [-0.3, -0.25) is 4.79 Å². The molecule has 0 aliphatic heterocycles. The van der Waals surface area contributed by atoms with Crippen LogP contribution < -0.4 is 4.98 Å². The van der Waals surface area contributed by atoms with Crippen molar-refractivity contribution in [1.82, 2.24) is 4.98 Å². The summed E-state index contributed by atoms with van der Waals surface area (Å²) in [5.74, 6) is -0.494. The number of hydrogen-bond acceptors (Lipinski definition) is 3. The van der Waals surface area contributed by atoms with E-state index in [1.54, 1.807) is 6.07 Å². The topological polar surface area (TPSA) is 38.3 Å². The Morgan fingerprint density at radius 3 is 2.07 bits per heavy atom. The van der Waals surface area contributed by atoms with E-state index in [1.165, 1.54) is 12.1 Å². The molecule has 0 aliphatic carbocycles. The van der Waals surface area contributed by atoms with Crippen LogP contribution in [0.1, 0.15) is 47.1 Å². The number of carbonyl (C=O) groups is 1. The molecule has 1 atom stereocenters. The maximum absolute atomic E-state index is 13.7. The maximum Gasteiger partial charge on any atom is 0.309 e. The van der Waals surface area contributed by atoms with Gasteiger partial charge < -0.3 is 9.41 Å². The van der Waals surface area contributed by atoms with E-state index in [9.17, 15) is 9.18 Å². The second kappa shape index (κ2) is 8.17. The fourth-order valence-corrected chi connectivity index (χ4v) is 4.70. The normalized spacial score (nSPS) is 14.8. The van der Waals surface area contributed by atoms with Gasteiger partial charge >= 0.3 is 5.97 Å². The number of nitrogens with one attached hydrogen (secondary N) is 1. The summed E-state index contributed by atoms with van der Waals surface area (Å²) >= 11 is 0. The summed E-state index contributed by atoms with van der Waals surface area (Å²) in [6, 6.07) is 6.01. The van der Waals surface area contributed by atoms with Crippen LogP contribution in [-0.4, -0.2) is 28.6 Å². The van der Waals surface area contributed by atoms with E-state index in [-0.39, 0.29) is 21.9 Å². The molecular weight excluding hydrogens is 373 g/mol. The molecular formula is C21H38FNO2Si2. The highest BCUT2D eigenvalue weighted by molar-refractivity contribution is 6.78. The van der Waals surface area contributed by atoms with E-state index in [0.29, 0.717) is 6.42 Å². The first-order chi connectivity index (χ1) is 12.0. The highest BCUT2D eigenvalue weighted by atomic mass is 28.4. The summed E-state index contributed by atoms with van der Waals surface area (Å²) in [5, 5.41) is 0.0213. The number of benzene rings is 1. The minimum absolute atomic E-state index is 0.0525. The molecule has 0 radical (unpaired) electrons. The SMILES string of the molecule is CC(C)(C)[Si](C)(C)NC(Cc1cccc(F)c1)C(=O)O[Si](C)(C)C(C)(C)C. The molecule has 3 nitrogen and oxygen atoms in total.